The van der Waals surface area contributed by atoms with Crippen LogP contribution in [0.15, 0.2) is 41.5 Å². The lowest BCUT2D eigenvalue weighted by atomic mass is 10.1. The van der Waals surface area contributed by atoms with Crippen molar-refractivity contribution in [1.29, 1.82) is 0 Å². The van der Waals surface area contributed by atoms with Crippen molar-refractivity contribution in [2.24, 2.45) is 10.7 Å². The van der Waals surface area contributed by atoms with Gasteiger partial charge in [-0.25, -0.2) is 4.99 Å². The number of pyridine rings is 1. The Balaban J connectivity index is 1.70. The topological polar surface area (TPSA) is 127 Å². The Morgan fingerprint density at radius 3 is 2.65 bits per heavy atom. The number of guanidine groups is 1. The van der Waals surface area contributed by atoms with Crippen molar-refractivity contribution in [1.82, 2.24) is 15.6 Å². The quantitative estimate of drug-likeness (QED) is 0.560. The van der Waals surface area contributed by atoms with E-state index in [1.165, 1.54) is 25.4 Å². The van der Waals surface area contributed by atoms with Crippen molar-refractivity contribution in [2.75, 3.05) is 7.05 Å². The van der Waals surface area contributed by atoms with Gasteiger partial charge in [-0.05, 0) is 42.3 Å². The first-order valence-electron chi connectivity index (χ1n) is 7.97. The third kappa shape index (κ3) is 3.59. The maximum absolute atomic E-state index is 12.2. The fourth-order valence-corrected chi connectivity index (χ4v) is 2.66. The van der Waals surface area contributed by atoms with Crippen LogP contribution in [0.5, 0.6) is 0 Å². The van der Waals surface area contributed by atoms with Gasteiger partial charge in [0.1, 0.15) is 5.69 Å². The Hall–Kier alpha value is -3.55. The van der Waals surface area contributed by atoms with Crippen LogP contribution in [-0.4, -0.2) is 35.6 Å². The van der Waals surface area contributed by atoms with E-state index in [9.17, 15) is 14.4 Å². The van der Waals surface area contributed by atoms with Crippen LogP contribution in [-0.2, 0) is 6.42 Å². The summed E-state index contributed by atoms with van der Waals surface area (Å²) in [6.45, 7) is 0. The fraction of sp³-hybridized carbons (Fsp3) is 0.167. The van der Waals surface area contributed by atoms with Gasteiger partial charge in [-0.1, -0.05) is 0 Å². The third-order valence-electron chi connectivity index (χ3n) is 3.99. The van der Waals surface area contributed by atoms with Crippen molar-refractivity contribution < 1.29 is 14.4 Å². The average molecular weight is 351 g/mol. The highest BCUT2D eigenvalue weighted by molar-refractivity contribution is 6.06. The van der Waals surface area contributed by atoms with Crippen LogP contribution in [0.4, 0.5) is 5.69 Å². The molecule has 0 spiro atoms. The minimum Gasteiger partial charge on any atom is -0.369 e. The number of amides is 2. The Labute approximate surface area is 149 Å². The number of hydrogen-bond donors (Lipinski definition) is 3. The molecule has 1 aromatic heterocycles. The standard InChI is InChI=1S/C18H17N5O3/c1-20-17(26)14-6-2-11(9-21-14)16(25)23-18(19)22-12-4-5-13-10(8-12)3-7-15(13)24/h2,4-6,8-9H,3,7H2,1H3,(H,20,26)(H3,19,22,23,25). The maximum Gasteiger partial charge on any atom is 0.269 e. The number of rotatable bonds is 3. The molecule has 8 heteroatoms. The van der Waals surface area contributed by atoms with Crippen LogP contribution in [0.25, 0.3) is 0 Å². The van der Waals surface area contributed by atoms with E-state index in [4.69, 9.17) is 5.73 Å². The molecule has 8 nitrogen and oxygen atoms in total. The van der Waals surface area contributed by atoms with Gasteiger partial charge >= 0.3 is 0 Å². The Morgan fingerprint density at radius 2 is 1.96 bits per heavy atom. The molecule has 26 heavy (non-hydrogen) atoms. The highest BCUT2D eigenvalue weighted by Gasteiger charge is 2.19. The molecule has 4 N–H and O–H groups in total. The zero-order valence-electron chi connectivity index (χ0n) is 14.1. The summed E-state index contributed by atoms with van der Waals surface area (Å²) in [7, 11) is 1.50. The molecule has 2 amide bonds. The molecule has 0 atom stereocenters. The summed E-state index contributed by atoms with van der Waals surface area (Å²) in [5, 5.41) is 4.91. The van der Waals surface area contributed by atoms with Crippen LogP contribution in [0, 0.1) is 0 Å². The summed E-state index contributed by atoms with van der Waals surface area (Å²) >= 11 is 0. The lowest BCUT2D eigenvalue weighted by Crippen LogP contribution is -2.36. The number of aliphatic imine (C=N–C) groups is 1. The van der Waals surface area contributed by atoms with E-state index in [2.05, 4.69) is 20.6 Å². The van der Waals surface area contributed by atoms with E-state index in [1.807, 2.05) is 0 Å². The monoisotopic (exact) mass is 351 g/mol. The summed E-state index contributed by atoms with van der Waals surface area (Å²) in [4.78, 5) is 43.3. The van der Waals surface area contributed by atoms with Crippen LogP contribution in [0.3, 0.4) is 0 Å². The minimum absolute atomic E-state index is 0.0744. The van der Waals surface area contributed by atoms with Crippen molar-refractivity contribution in [3.8, 4) is 0 Å². The van der Waals surface area contributed by atoms with Gasteiger partial charge in [0, 0.05) is 25.2 Å². The second-order valence-electron chi connectivity index (χ2n) is 5.73. The number of nitrogens with one attached hydrogen (secondary N) is 2. The van der Waals surface area contributed by atoms with E-state index in [0.29, 0.717) is 24.1 Å². The highest BCUT2D eigenvalue weighted by Crippen LogP contribution is 2.26. The Kier molecular flexibility index (Phi) is 4.74. The first kappa shape index (κ1) is 17.3. The molecular formula is C18H17N5O3. The molecule has 1 aliphatic rings. The van der Waals surface area contributed by atoms with Gasteiger partial charge in [-0.15, -0.1) is 0 Å². The van der Waals surface area contributed by atoms with Crippen molar-refractivity contribution in [3.63, 3.8) is 0 Å². The molecule has 1 aliphatic carbocycles. The van der Waals surface area contributed by atoms with Gasteiger partial charge in [0.15, 0.2) is 5.78 Å². The number of nitrogens with two attached hydrogens (primary N) is 1. The molecule has 3 rings (SSSR count). The predicted molar refractivity (Wildman–Crippen MR) is 95.5 cm³/mol. The van der Waals surface area contributed by atoms with Crippen molar-refractivity contribution in [2.45, 2.75) is 12.8 Å². The number of carbonyl (C=O) groups is 3. The Bertz CT molecular complexity index is 919. The van der Waals surface area contributed by atoms with E-state index >= 15 is 0 Å². The number of Topliss-reactive ketones (excluding diaryl/α,β-unsaturated/α-hetero) is 1. The molecular weight excluding hydrogens is 334 g/mol. The second kappa shape index (κ2) is 7.14. The Morgan fingerprint density at radius 1 is 1.15 bits per heavy atom. The number of benzene rings is 1. The number of hydrogen-bond acceptors (Lipinski definition) is 5. The van der Waals surface area contributed by atoms with E-state index < -0.39 is 5.91 Å². The van der Waals surface area contributed by atoms with Gasteiger partial charge in [0.2, 0.25) is 5.96 Å². The van der Waals surface area contributed by atoms with Gasteiger partial charge in [0.25, 0.3) is 11.8 Å². The third-order valence-corrected chi connectivity index (χ3v) is 3.99. The maximum atomic E-state index is 12.2. The molecule has 0 saturated heterocycles. The normalized spacial score (nSPS) is 13.3. The summed E-state index contributed by atoms with van der Waals surface area (Å²) in [6, 6.07) is 8.11. The number of aromatic nitrogens is 1. The second-order valence-corrected chi connectivity index (χ2v) is 5.73. The molecule has 0 bridgehead atoms. The van der Waals surface area contributed by atoms with E-state index in [-0.39, 0.29) is 28.9 Å². The van der Waals surface area contributed by atoms with Crippen LogP contribution >= 0.6 is 0 Å². The molecule has 2 aromatic rings. The van der Waals surface area contributed by atoms with Gasteiger partial charge < -0.3 is 11.1 Å². The smallest absolute Gasteiger partial charge is 0.269 e. The zero-order chi connectivity index (χ0) is 18.7. The van der Waals surface area contributed by atoms with Gasteiger partial charge in [-0.3, -0.25) is 24.7 Å². The molecule has 0 aliphatic heterocycles. The average Bonchev–Trinajstić information content (AvgIpc) is 3.01. The SMILES string of the molecule is CNC(=O)c1ccc(C(=O)NC(N)=Nc2ccc3c(c2)CCC3=O)cn1. The minimum atomic E-state index is -0.487. The first-order valence-corrected chi connectivity index (χ1v) is 7.97. The number of nitrogens with zero attached hydrogens (tertiary/aromatic N) is 2. The van der Waals surface area contributed by atoms with Crippen LogP contribution in [0.2, 0.25) is 0 Å². The zero-order valence-corrected chi connectivity index (χ0v) is 14.1. The molecule has 0 fully saturated rings. The molecule has 0 saturated carbocycles. The molecule has 132 valence electrons. The lowest BCUT2D eigenvalue weighted by Gasteiger charge is -2.06. The molecule has 1 aromatic carbocycles. The summed E-state index contributed by atoms with van der Waals surface area (Å²) < 4.78 is 0. The molecule has 0 unspecified atom stereocenters. The number of carbonyl (C=O) groups excluding carboxylic acids is 3. The summed E-state index contributed by atoms with van der Waals surface area (Å²) in [6.07, 6.45) is 2.48. The lowest BCUT2D eigenvalue weighted by molar-refractivity contribution is 0.0951. The van der Waals surface area contributed by atoms with Crippen molar-refractivity contribution >= 4 is 29.2 Å². The van der Waals surface area contributed by atoms with E-state index in [0.717, 1.165) is 5.56 Å². The largest absolute Gasteiger partial charge is 0.369 e. The summed E-state index contributed by atoms with van der Waals surface area (Å²) in [5.74, 6) is -0.772. The van der Waals surface area contributed by atoms with Gasteiger partial charge in [0.05, 0.1) is 11.3 Å². The molecule has 1 heterocycles. The number of aryl methyl sites for hydroxylation is 1. The first-order chi connectivity index (χ1) is 12.5. The number of ketones is 1. The van der Waals surface area contributed by atoms with Crippen LogP contribution in [0.1, 0.15) is 43.2 Å². The predicted octanol–water partition coefficient (Wildman–Crippen LogP) is 0.946. The van der Waals surface area contributed by atoms with Gasteiger partial charge in [-0.2, -0.15) is 0 Å². The highest BCUT2D eigenvalue weighted by atomic mass is 16.2. The summed E-state index contributed by atoms with van der Waals surface area (Å²) in [5.41, 5.74) is 8.45. The van der Waals surface area contributed by atoms with Crippen molar-refractivity contribution in [3.05, 3.63) is 58.9 Å². The fourth-order valence-electron chi connectivity index (χ4n) is 2.66. The van der Waals surface area contributed by atoms with Crippen LogP contribution < -0.4 is 16.4 Å². The number of fused-ring (bicyclic) bond motifs is 1. The molecule has 0 radical (unpaired) electrons. The van der Waals surface area contributed by atoms with E-state index in [1.54, 1.807) is 18.2 Å².